The molecule has 1 N–H and O–H groups in total. The molecule has 0 fully saturated rings. The second kappa shape index (κ2) is 8.19. The third-order valence-electron chi connectivity index (χ3n) is 3.05. The molecule has 120 valence electrons. The third-order valence-corrected chi connectivity index (χ3v) is 3.34. The van der Waals surface area contributed by atoms with E-state index >= 15 is 0 Å². The van der Waals surface area contributed by atoms with Crippen molar-refractivity contribution >= 4 is 23.5 Å². The Morgan fingerprint density at radius 3 is 2.52 bits per heavy atom. The van der Waals surface area contributed by atoms with Crippen LogP contribution in [0, 0.1) is 0 Å². The Balaban J connectivity index is 1.79. The number of halogens is 1. The summed E-state index contributed by atoms with van der Waals surface area (Å²) in [6.45, 7) is -0.124. The molecule has 2 aromatic rings. The van der Waals surface area contributed by atoms with Crippen molar-refractivity contribution in [1.29, 1.82) is 0 Å². The lowest BCUT2D eigenvalue weighted by atomic mass is 10.2. The molecule has 0 spiro atoms. The SMILES string of the molecule is COc1ccc(COC(=O)CNC(=O)c2ccccc2)cc1Cl. The van der Waals surface area contributed by atoms with Crippen LogP contribution in [0.2, 0.25) is 5.02 Å². The highest BCUT2D eigenvalue weighted by atomic mass is 35.5. The van der Waals surface area contributed by atoms with E-state index in [1.807, 2.05) is 6.07 Å². The van der Waals surface area contributed by atoms with E-state index in [0.717, 1.165) is 5.56 Å². The molecule has 2 aromatic carbocycles. The highest BCUT2D eigenvalue weighted by molar-refractivity contribution is 6.32. The molecule has 0 aliphatic heterocycles. The van der Waals surface area contributed by atoms with Crippen LogP contribution in [0.25, 0.3) is 0 Å². The molecule has 0 aromatic heterocycles. The van der Waals surface area contributed by atoms with Crippen LogP contribution < -0.4 is 10.1 Å². The number of benzene rings is 2. The van der Waals surface area contributed by atoms with Crippen LogP contribution in [0.5, 0.6) is 5.75 Å². The summed E-state index contributed by atoms with van der Waals surface area (Å²) in [6, 6.07) is 13.8. The molecule has 0 unspecified atom stereocenters. The number of nitrogens with one attached hydrogen (secondary N) is 1. The van der Waals surface area contributed by atoms with Gasteiger partial charge in [-0.2, -0.15) is 0 Å². The minimum atomic E-state index is -0.527. The topological polar surface area (TPSA) is 64.6 Å². The first kappa shape index (κ1) is 16.8. The molecule has 0 heterocycles. The number of ether oxygens (including phenoxy) is 2. The van der Waals surface area contributed by atoms with E-state index in [2.05, 4.69) is 5.32 Å². The molecule has 1 amide bonds. The average Bonchev–Trinajstić information content (AvgIpc) is 2.58. The van der Waals surface area contributed by atoms with Gasteiger partial charge in [0.15, 0.2) is 0 Å². The van der Waals surface area contributed by atoms with E-state index < -0.39 is 5.97 Å². The number of esters is 1. The summed E-state index contributed by atoms with van der Waals surface area (Å²) >= 11 is 5.99. The summed E-state index contributed by atoms with van der Waals surface area (Å²) in [5, 5.41) is 2.95. The Morgan fingerprint density at radius 1 is 1.13 bits per heavy atom. The monoisotopic (exact) mass is 333 g/mol. The number of methoxy groups -OCH3 is 1. The van der Waals surface area contributed by atoms with E-state index in [4.69, 9.17) is 21.1 Å². The van der Waals surface area contributed by atoms with Crippen LogP contribution in [-0.2, 0) is 16.1 Å². The Morgan fingerprint density at radius 2 is 1.87 bits per heavy atom. The largest absolute Gasteiger partial charge is 0.495 e. The fourth-order valence-electron chi connectivity index (χ4n) is 1.86. The minimum absolute atomic E-state index is 0.0732. The predicted octanol–water partition coefficient (Wildman–Crippen LogP) is 2.82. The van der Waals surface area contributed by atoms with Crippen LogP contribution in [0.1, 0.15) is 15.9 Å². The Bertz CT molecular complexity index is 688. The molecule has 0 radical (unpaired) electrons. The van der Waals surface area contributed by atoms with E-state index in [-0.39, 0.29) is 19.1 Å². The van der Waals surface area contributed by atoms with Crippen molar-refractivity contribution in [2.45, 2.75) is 6.61 Å². The minimum Gasteiger partial charge on any atom is -0.495 e. The van der Waals surface area contributed by atoms with Crippen molar-refractivity contribution in [2.75, 3.05) is 13.7 Å². The van der Waals surface area contributed by atoms with Gasteiger partial charge in [0.2, 0.25) is 0 Å². The molecular weight excluding hydrogens is 318 g/mol. The van der Waals surface area contributed by atoms with E-state index in [1.54, 1.807) is 42.5 Å². The van der Waals surface area contributed by atoms with Crippen molar-refractivity contribution in [2.24, 2.45) is 0 Å². The van der Waals surface area contributed by atoms with Crippen molar-refractivity contribution in [3.8, 4) is 5.75 Å². The molecule has 5 nitrogen and oxygen atoms in total. The highest BCUT2D eigenvalue weighted by Gasteiger charge is 2.09. The van der Waals surface area contributed by atoms with Gasteiger partial charge in [0.05, 0.1) is 12.1 Å². The second-order valence-electron chi connectivity index (χ2n) is 4.68. The maximum absolute atomic E-state index is 11.8. The van der Waals surface area contributed by atoms with E-state index in [9.17, 15) is 9.59 Å². The fourth-order valence-corrected chi connectivity index (χ4v) is 2.14. The summed E-state index contributed by atoms with van der Waals surface area (Å²) in [5.41, 5.74) is 1.22. The molecule has 0 bridgehead atoms. The maximum Gasteiger partial charge on any atom is 0.325 e. The van der Waals surface area contributed by atoms with Gasteiger partial charge in [-0.3, -0.25) is 9.59 Å². The molecule has 2 rings (SSSR count). The molecule has 23 heavy (non-hydrogen) atoms. The zero-order valence-electron chi connectivity index (χ0n) is 12.5. The number of carbonyl (C=O) groups is 2. The van der Waals surface area contributed by atoms with E-state index in [1.165, 1.54) is 7.11 Å². The van der Waals surface area contributed by atoms with Gasteiger partial charge < -0.3 is 14.8 Å². The van der Waals surface area contributed by atoms with Crippen molar-refractivity contribution in [3.63, 3.8) is 0 Å². The van der Waals surface area contributed by atoms with Gasteiger partial charge in [0.25, 0.3) is 5.91 Å². The van der Waals surface area contributed by atoms with Gasteiger partial charge in [-0.15, -0.1) is 0 Å². The lowest BCUT2D eigenvalue weighted by molar-refractivity contribution is -0.143. The summed E-state index contributed by atoms with van der Waals surface area (Å²) in [6.07, 6.45) is 0. The van der Waals surface area contributed by atoms with Gasteiger partial charge in [0, 0.05) is 5.56 Å². The van der Waals surface area contributed by atoms with Gasteiger partial charge in [-0.25, -0.2) is 0 Å². The first-order chi connectivity index (χ1) is 11.1. The zero-order valence-corrected chi connectivity index (χ0v) is 13.3. The first-order valence-electron chi connectivity index (χ1n) is 6.91. The predicted molar refractivity (Wildman–Crippen MR) is 86.6 cm³/mol. The summed E-state index contributed by atoms with van der Waals surface area (Å²) in [7, 11) is 1.52. The Kier molecular flexibility index (Phi) is 6.00. The number of amides is 1. The van der Waals surface area contributed by atoms with Gasteiger partial charge in [-0.1, -0.05) is 35.9 Å². The third kappa shape index (κ3) is 5.00. The van der Waals surface area contributed by atoms with Crippen LogP contribution in [0.4, 0.5) is 0 Å². The van der Waals surface area contributed by atoms with Crippen LogP contribution >= 0.6 is 11.6 Å². The molecule has 6 heteroatoms. The number of hydrogen-bond donors (Lipinski definition) is 1. The van der Waals surface area contributed by atoms with Gasteiger partial charge in [-0.05, 0) is 29.8 Å². The Hall–Kier alpha value is -2.53. The van der Waals surface area contributed by atoms with E-state index in [0.29, 0.717) is 16.3 Å². The van der Waals surface area contributed by atoms with Crippen molar-refractivity contribution in [1.82, 2.24) is 5.32 Å². The number of hydrogen-bond acceptors (Lipinski definition) is 4. The van der Waals surface area contributed by atoms with Gasteiger partial charge in [0.1, 0.15) is 18.9 Å². The first-order valence-corrected chi connectivity index (χ1v) is 7.29. The molecule has 0 saturated heterocycles. The van der Waals surface area contributed by atoms with Gasteiger partial charge >= 0.3 is 5.97 Å². The summed E-state index contributed by atoms with van der Waals surface area (Å²) in [4.78, 5) is 23.5. The molecule has 0 atom stereocenters. The van der Waals surface area contributed by atoms with Crippen LogP contribution in [0.3, 0.4) is 0 Å². The molecular formula is C17H16ClNO4. The maximum atomic E-state index is 11.8. The molecule has 0 aliphatic carbocycles. The molecule has 0 saturated carbocycles. The number of carbonyl (C=O) groups excluding carboxylic acids is 2. The lowest BCUT2D eigenvalue weighted by Gasteiger charge is -2.08. The smallest absolute Gasteiger partial charge is 0.325 e. The van der Waals surface area contributed by atoms with Crippen LogP contribution in [0.15, 0.2) is 48.5 Å². The second-order valence-corrected chi connectivity index (χ2v) is 5.09. The fraction of sp³-hybridized carbons (Fsp3) is 0.176. The lowest BCUT2D eigenvalue weighted by Crippen LogP contribution is -2.30. The van der Waals surface area contributed by atoms with Crippen LogP contribution in [-0.4, -0.2) is 25.5 Å². The zero-order chi connectivity index (χ0) is 16.7. The highest BCUT2D eigenvalue weighted by Crippen LogP contribution is 2.25. The quantitative estimate of drug-likeness (QED) is 0.826. The van der Waals surface area contributed by atoms with Crippen molar-refractivity contribution < 1.29 is 19.1 Å². The Labute approximate surface area is 139 Å². The molecule has 0 aliphatic rings. The summed E-state index contributed by atoms with van der Waals surface area (Å²) < 4.78 is 10.1. The number of rotatable bonds is 6. The summed E-state index contributed by atoms with van der Waals surface area (Å²) in [5.74, 6) is -0.298. The van der Waals surface area contributed by atoms with Crippen molar-refractivity contribution in [3.05, 3.63) is 64.7 Å². The average molecular weight is 334 g/mol. The normalized spacial score (nSPS) is 10.0. The standard InChI is InChI=1S/C17H16ClNO4/c1-22-15-8-7-12(9-14(15)18)11-23-16(20)10-19-17(21)13-5-3-2-4-6-13/h2-9H,10-11H2,1H3,(H,19,21).